The average Bonchev–Trinajstić information content (AvgIpc) is 3.38. The molecule has 0 saturated carbocycles. The smallest absolute Gasteiger partial charge is 0.326 e. The lowest BCUT2D eigenvalue weighted by Crippen LogP contribution is -2.61. The van der Waals surface area contributed by atoms with Crippen LogP contribution in [0.3, 0.4) is 0 Å². The van der Waals surface area contributed by atoms with Crippen molar-refractivity contribution >= 4 is 41.4 Å². The van der Waals surface area contributed by atoms with Crippen molar-refractivity contribution in [3.05, 3.63) is 59.2 Å². The van der Waals surface area contributed by atoms with Gasteiger partial charge < -0.3 is 31.3 Å². The number of rotatable bonds is 18. The summed E-state index contributed by atoms with van der Waals surface area (Å²) in [6, 6.07) is 4.37. The van der Waals surface area contributed by atoms with Gasteiger partial charge in [0.05, 0.1) is 12.1 Å². The van der Waals surface area contributed by atoms with E-state index in [1.54, 1.807) is 20.2 Å². The van der Waals surface area contributed by atoms with Gasteiger partial charge in [0.15, 0.2) is 0 Å². The van der Waals surface area contributed by atoms with Crippen molar-refractivity contribution in [2.75, 3.05) is 27.2 Å². The second-order valence-electron chi connectivity index (χ2n) is 15.6. The number of carboxylic acids is 1. The average molecular weight is 739 g/mol. The minimum atomic E-state index is -1.39. The number of carbonyl (C=O) groups excluding carboxylic acids is 6. The predicted octanol–water partition coefficient (Wildman–Crippen LogP) is 2.21. The number of hydrogen-bond acceptors (Lipinski definition) is 8. The first kappa shape index (κ1) is 44.3. The fraction of sp³-hybridized carbons (Fsp3) is 0.564. The first-order valence-corrected chi connectivity index (χ1v) is 17.9. The zero-order valence-electron chi connectivity index (χ0n) is 33.0. The second kappa shape index (κ2) is 18.8. The number of aryl methyl sites for hydroxylation is 1. The highest BCUT2D eigenvalue weighted by molar-refractivity contribution is 6.12. The quantitative estimate of drug-likeness (QED) is 0.111. The normalized spacial score (nSPS) is 15.8. The van der Waals surface area contributed by atoms with Crippen molar-refractivity contribution < 1.29 is 38.7 Å². The summed E-state index contributed by atoms with van der Waals surface area (Å²) in [6.07, 6.45) is 3.42. The van der Waals surface area contributed by atoms with Crippen molar-refractivity contribution in [2.45, 2.75) is 105 Å². The summed E-state index contributed by atoms with van der Waals surface area (Å²) in [4.78, 5) is 91.5. The first-order valence-electron chi connectivity index (χ1n) is 17.9. The summed E-state index contributed by atoms with van der Waals surface area (Å²) in [5, 5.41) is 20.9. The number of carbonyl (C=O) groups is 7. The van der Waals surface area contributed by atoms with Gasteiger partial charge in [0.1, 0.15) is 12.1 Å². The molecule has 0 aromatic heterocycles. The van der Waals surface area contributed by atoms with Crippen LogP contribution < -0.4 is 21.3 Å². The lowest BCUT2D eigenvalue weighted by atomic mass is 9.76. The standard InChI is InChI=1S/C39H58N6O8/c1-23(2)28(22-25(4)34(49)42-27(37(52)53)15-16-29(46)41-19-20-45-30(47)17-18-31(45)48)44(11)36(51)33(38(5,6)7)43-35(50)32(40-10)39(8,9)26-14-12-13-24(3)21-26/h12-14,17-18,21-23,27-28,32-33,40H,15-16,19-20H2,1-11H3,(H,41,46)(H,42,49)(H,43,50)(H,52,53)/b25-22+/t27-,28-,32-,33-/m1/s1. The Morgan fingerprint density at radius 3 is 2.08 bits per heavy atom. The molecular formula is C39H58N6O8. The lowest BCUT2D eigenvalue weighted by Gasteiger charge is -2.40. The molecule has 4 atom stereocenters. The van der Waals surface area contributed by atoms with Gasteiger partial charge in [-0.05, 0) is 44.2 Å². The first-order chi connectivity index (χ1) is 24.5. The van der Waals surface area contributed by atoms with Crippen LogP contribution in [0.4, 0.5) is 0 Å². The highest BCUT2D eigenvalue weighted by atomic mass is 16.4. The third-order valence-corrected chi connectivity index (χ3v) is 9.51. The Balaban J connectivity index is 2.15. The van der Waals surface area contributed by atoms with E-state index in [0.717, 1.165) is 28.2 Å². The fourth-order valence-electron chi connectivity index (χ4n) is 6.19. The fourth-order valence-corrected chi connectivity index (χ4v) is 6.19. The molecule has 2 rings (SSSR count). The van der Waals surface area contributed by atoms with Gasteiger partial charge >= 0.3 is 5.97 Å². The van der Waals surface area contributed by atoms with Crippen molar-refractivity contribution in [3.8, 4) is 0 Å². The maximum Gasteiger partial charge on any atom is 0.326 e. The minimum absolute atomic E-state index is 0.00597. The van der Waals surface area contributed by atoms with E-state index < -0.39 is 64.6 Å². The van der Waals surface area contributed by atoms with Crippen LogP contribution in [0.1, 0.15) is 79.4 Å². The van der Waals surface area contributed by atoms with Gasteiger partial charge in [-0.25, -0.2) is 4.79 Å². The lowest BCUT2D eigenvalue weighted by molar-refractivity contribution is -0.142. The molecule has 0 radical (unpaired) electrons. The Labute approximate surface area is 313 Å². The number of imide groups is 1. The molecule has 0 bridgehead atoms. The molecule has 14 heteroatoms. The van der Waals surface area contributed by atoms with Crippen molar-refractivity contribution in [2.24, 2.45) is 11.3 Å². The molecule has 0 fully saturated rings. The van der Waals surface area contributed by atoms with Gasteiger partial charge in [0.2, 0.25) is 23.6 Å². The van der Waals surface area contributed by atoms with Gasteiger partial charge in [-0.1, -0.05) is 84.4 Å². The Kier molecular flexibility index (Phi) is 15.7. The molecule has 14 nitrogen and oxygen atoms in total. The molecule has 6 amide bonds. The molecular weight excluding hydrogens is 680 g/mol. The highest BCUT2D eigenvalue weighted by Gasteiger charge is 2.42. The van der Waals surface area contributed by atoms with Crippen molar-refractivity contribution in [3.63, 3.8) is 0 Å². The maximum absolute atomic E-state index is 14.2. The van der Waals surface area contributed by atoms with Crippen LogP contribution in [0, 0.1) is 18.3 Å². The highest BCUT2D eigenvalue weighted by Crippen LogP contribution is 2.30. The van der Waals surface area contributed by atoms with Crippen LogP contribution in [0.2, 0.25) is 0 Å². The summed E-state index contributed by atoms with van der Waals surface area (Å²) >= 11 is 0. The summed E-state index contributed by atoms with van der Waals surface area (Å²) < 4.78 is 0. The zero-order chi connectivity index (χ0) is 40.4. The molecule has 1 aliphatic heterocycles. The van der Waals surface area contributed by atoms with Gasteiger partial charge in [0, 0.05) is 49.7 Å². The molecule has 1 aromatic carbocycles. The maximum atomic E-state index is 14.2. The molecule has 0 saturated heterocycles. The SMILES string of the molecule is CN[C@H](C(=O)N[C@H](C(=O)N(C)[C@H](/C=C(\C)C(=O)N[C@H](CCC(=O)NCCN1C(=O)C=CC1=O)C(=O)O)C(C)C)C(C)(C)C)C(C)(C)c1cccc(C)c1. The number of aliphatic carboxylic acids is 1. The number of benzene rings is 1. The van der Waals surface area contributed by atoms with Crippen LogP contribution >= 0.6 is 0 Å². The molecule has 0 unspecified atom stereocenters. The third kappa shape index (κ3) is 12.1. The zero-order valence-corrected chi connectivity index (χ0v) is 33.0. The Hall–Kier alpha value is -4.85. The molecule has 1 heterocycles. The van der Waals surface area contributed by atoms with Gasteiger partial charge in [-0.15, -0.1) is 0 Å². The Bertz CT molecular complexity index is 1590. The topological polar surface area (TPSA) is 194 Å². The van der Waals surface area contributed by atoms with Crippen LogP contribution in [0.25, 0.3) is 0 Å². The van der Waals surface area contributed by atoms with Gasteiger partial charge in [-0.2, -0.15) is 0 Å². The molecule has 1 aliphatic rings. The summed E-state index contributed by atoms with van der Waals surface area (Å²) in [7, 11) is 3.32. The van der Waals surface area contributed by atoms with Gasteiger partial charge in [-0.3, -0.25) is 33.7 Å². The van der Waals surface area contributed by atoms with E-state index in [4.69, 9.17) is 0 Å². The number of likely N-dealkylation sites (N-methyl/N-ethyl adjacent to an activating group) is 2. The van der Waals surface area contributed by atoms with E-state index in [2.05, 4.69) is 21.3 Å². The van der Waals surface area contributed by atoms with E-state index in [-0.39, 0.29) is 49.2 Å². The van der Waals surface area contributed by atoms with Crippen LogP contribution in [-0.4, -0.2) is 108 Å². The van der Waals surface area contributed by atoms with E-state index in [0.29, 0.717) is 0 Å². The number of carboxylic acid groups (broad SMARTS) is 1. The second-order valence-corrected chi connectivity index (χ2v) is 15.6. The summed E-state index contributed by atoms with van der Waals surface area (Å²) in [5.41, 5.74) is 0.890. The predicted molar refractivity (Wildman–Crippen MR) is 201 cm³/mol. The summed E-state index contributed by atoms with van der Waals surface area (Å²) in [6.45, 7) is 16.8. The number of nitrogens with zero attached hydrogens (tertiary/aromatic N) is 2. The van der Waals surface area contributed by atoms with E-state index in [1.165, 1.54) is 11.8 Å². The number of amides is 6. The molecule has 0 aliphatic carbocycles. The van der Waals surface area contributed by atoms with Gasteiger partial charge in [0.25, 0.3) is 11.8 Å². The Morgan fingerprint density at radius 1 is 0.962 bits per heavy atom. The van der Waals surface area contributed by atoms with Crippen LogP contribution in [0.5, 0.6) is 0 Å². The molecule has 5 N–H and O–H groups in total. The van der Waals surface area contributed by atoms with E-state index >= 15 is 0 Å². The monoisotopic (exact) mass is 738 g/mol. The Morgan fingerprint density at radius 2 is 1.57 bits per heavy atom. The number of hydrogen-bond donors (Lipinski definition) is 5. The van der Waals surface area contributed by atoms with Crippen molar-refractivity contribution in [1.82, 2.24) is 31.1 Å². The minimum Gasteiger partial charge on any atom is -0.480 e. The van der Waals surface area contributed by atoms with E-state index in [9.17, 15) is 38.7 Å². The van der Waals surface area contributed by atoms with Crippen LogP contribution in [0.15, 0.2) is 48.1 Å². The van der Waals surface area contributed by atoms with Crippen molar-refractivity contribution in [1.29, 1.82) is 0 Å². The summed E-state index contributed by atoms with van der Waals surface area (Å²) in [5.74, 6) is -4.35. The number of nitrogens with one attached hydrogen (secondary N) is 4. The molecule has 53 heavy (non-hydrogen) atoms. The third-order valence-electron chi connectivity index (χ3n) is 9.51. The molecule has 0 spiro atoms. The van der Waals surface area contributed by atoms with Crippen LogP contribution in [-0.2, 0) is 39.0 Å². The largest absolute Gasteiger partial charge is 0.480 e. The molecule has 1 aromatic rings. The van der Waals surface area contributed by atoms with E-state index in [1.807, 2.05) is 79.7 Å². The molecule has 292 valence electrons.